The summed E-state index contributed by atoms with van der Waals surface area (Å²) in [7, 11) is 0. The smallest absolute Gasteiger partial charge is 0.410 e. The van der Waals surface area contributed by atoms with Crippen molar-refractivity contribution in [1.29, 1.82) is 0 Å². The lowest BCUT2D eigenvalue weighted by Gasteiger charge is -2.51. The third-order valence-corrected chi connectivity index (χ3v) is 11.2. The van der Waals surface area contributed by atoms with Crippen molar-refractivity contribution in [2.75, 3.05) is 19.7 Å². The molecule has 0 aromatic heterocycles. The first-order valence-electron chi connectivity index (χ1n) is 14.7. The number of nitrogens with zero attached hydrogens (tertiary/aromatic N) is 2. The zero-order valence-corrected chi connectivity index (χ0v) is 24.7. The minimum Gasteiger partial charge on any atom is -0.439 e. The highest BCUT2D eigenvalue weighted by Crippen LogP contribution is 2.72. The molecule has 2 bridgehead atoms. The number of fused-ring (bicyclic) bond motifs is 5. The van der Waals surface area contributed by atoms with E-state index >= 15 is 0 Å². The number of rotatable bonds is 2. The summed E-state index contributed by atoms with van der Waals surface area (Å²) in [6, 6.07) is 0. The molecule has 2 saturated heterocycles. The lowest BCUT2D eigenvalue weighted by molar-refractivity contribution is -0.273. The maximum Gasteiger partial charge on any atom is 0.410 e. The van der Waals surface area contributed by atoms with Crippen LogP contribution < -0.4 is 0 Å². The van der Waals surface area contributed by atoms with Gasteiger partial charge in [-0.1, -0.05) is 51.9 Å². The van der Waals surface area contributed by atoms with Gasteiger partial charge in [-0.15, -0.1) is 4.91 Å². The van der Waals surface area contributed by atoms with Crippen LogP contribution in [0.4, 0.5) is 4.79 Å². The Morgan fingerprint density at radius 1 is 1.18 bits per heavy atom. The van der Waals surface area contributed by atoms with Crippen molar-refractivity contribution in [1.82, 2.24) is 4.90 Å². The Balaban J connectivity index is 1.50. The summed E-state index contributed by atoms with van der Waals surface area (Å²) in [5.41, 5.74) is -1.43. The van der Waals surface area contributed by atoms with E-state index in [1.807, 2.05) is 32.9 Å². The summed E-state index contributed by atoms with van der Waals surface area (Å²) in [5, 5.41) is 3.90. The van der Waals surface area contributed by atoms with Crippen LogP contribution in [0.3, 0.4) is 0 Å². The molecular formula is C31H44N2O6. The Morgan fingerprint density at radius 3 is 2.56 bits per heavy atom. The molecule has 8 nitrogen and oxygen atoms in total. The molecule has 2 saturated carbocycles. The first-order chi connectivity index (χ1) is 18.1. The Bertz CT molecular complexity index is 1190. The van der Waals surface area contributed by atoms with Gasteiger partial charge >= 0.3 is 6.09 Å². The number of carbonyl (C=O) groups is 2. The molecule has 4 aliphatic carbocycles. The van der Waals surface area contributed by atoms with Crippen LogP contribution in [0.5, 0.6) is 0 Å². The fourth-order valence-corrected chi connectivity index (χ4v) is 9.23. The monoisotopic (exact) mass is 540 g/mol. The summed E-state index contributed by atoms with van der Waals surface area (Å²) in [5.74, 6) is -0.990. The third kappa shape index (κ3) is 3.55. The van der Waals surface area contributed by atoms with Crippen molar-refractivity contribution in [3.63, 3.8) is 0 Å². The number of Topliss-reactive ketones (excluding diaryl/α,β-unsaturated/α-hetero) is 1. The number of piperidine rings is 1. The van der Waals surface area contributed by atoms with Gasteiger partial charge in [0.1, 0.15) is 6.10 Å². The Kier molecular flexibility index (Phi) is 5.74. The number of ether oxygens (including phenoxy) is 3. The lowest BCUT2D eigenvalue weighted by atomic mass is 9.57. The van der Waals surface area contributed by atoms with E-state index in [4.69, 9.17) is 14.2 Å². The minimum atomic E-state index is -1.66. The Morgan fingerprint density at radius 2 is 1.90 bits per heavy atom. The van der Waals surface area contributed by atoms with Gasteiger partial charge in [-0.3, -0.25) is 4.79 Å². The molecule has 8 heteroatoms. The molecule has 8 atom stereocenters. The van der Waals surface area contributed by atoms with Gasteiger partial charge in [-0.25, -0.2) is 4.79 Å². The predicted molar refractivity (Wildman–Crippen MR) is 146 cm³/mol. The summed E-state index contributed by atoms with van der Waals surface area (Å²) in [6.45, 7) is 17.8. The molecular weight excluding hydrogens is 496 g/mol. The van der Waals surface area contributed by atoms with E-state index < -0.39 is 35.0 Å². The molecule has 1 spiro atoms. The van der Waals surface area contributed by atoms with Crippen LogP contribution in [0, 0.1) is 44.8 Å². The van der Waals surface area contributed by atoms with E-state index in [1.54, 1.807) is 4.90 Å². The fourth-order valence-electron chi connectivity index (χ4n) is 9.23. The summed E-state index contributed by atoms with van der Waals surface area (Å²) >= 11 is 0. The molecule has 214 valence electrons. The maximum absolute atomic E-state index is 14.9. The number of hydrogen-bond donors (Lipinski definition) is 0. The van der Waals surface area contributed by atoms with Gasteiger partial charge in [0.05, 0.1) is 12.0 Å². The highest BCUT2D eigenvalue weighted by molar-refractivity contribution is 5.96. The molecule has 0 aromatic rings. The van der Waals surface area contributed by atoms with Crippen molar-refractivity contribution in [2.24, 2.45) is 45.1 Å². The van der Waals surface area contributed by atoms with Crippen molar-refractivity contribution in [3.05, 3.63) is 28.2 Å². The quantitative estimate of drug-likeness (QED) is 0.332. The van der Waals surface area contributed by atoms with Crippen LogP contribution in [0.2, 0.25) is 0 Å². The van der Waals surface area contributed by atoms with Crippen LogP contribution in [-0.2, 0) is 19.0 Å². The molecule has 2 heterocycles. The SMILES string of the molecule is CC1=CC23C(=O)C(C=C4COC(C)(C)OC4C2(N=O)C1OC(=O)N1CCCC(C)(C)C1)C1C(C[C@H]3C)C1(C)C. The van der Waals surface area contributed by atoms with E-state index in [2.05, 4.69) is 39.8 Å². The number of carbonyl (C=O) groups excluding carboxylic acids is 2. The molecule has 39 heavy (non-hydrogen) atoms. The molecule has 2 aliphatic heterocycles. The number of amides is 1. The van der Waals surface area contributed by atoms with Gasteiger partial charge in [0.2, 0.25) is 0 Å². The first-order valence-corrected chi connectivity index (χ1v) is 14.7. The molecule has 0 N–H and O–H groups in total. The first kappa shape index (κ1) is 27.1. The van der Waals surface area contributed by atoms with E-state index in [0.29, 0.717) is 24.6 Å². The number of allylic oxidation sites excluding steroid dienone is 1. The van der Waals surface area contributed by atoms with Gasteiger partial charge in [0.25, 0.3) is 0 Å². The molecule has 4 fully saturated rings. The van der Waals surface area contributed by atoms with Gasteiger partial charge in [-0.05, 0) is 79.8 Å². The molecule has 7 unspecified atom stereocenters. The predicted octanol–water partition coefficient (Wildman–Crippen LogP) is 5.65. The second-order valence-electron chi connectivity index (χ2n) is 15.0. The van der Waals surface area contributed by atoms with Crippen molar-refractivity contribution in [2.45, 2.75) is 98.2 Å². The average molecular weight is 541 g/mol. The lowest BCUT2D eigenvalue weighted by Crippen LogP contribution is -2.67. The van der Waals surface area contributed by atoms with Crippen molar-refractivity contribution in [3.8, 4) is 0 Å². The van der Waals surface area contributed by atoms with E-state index in [1.165, 1.54) is 0 Å². The third-order valence-electron chi connectivity index (χ3n) is 11.2. The van der Waals surface area contributed by atoms with Gasteiger partial charge in [-0.2, -0.15) is 0 Å². The molecule has 6 aliphatic rings. The summed E-state index contributed by atoms with van der Waals surface area (Å²) in [4.78, 5) is 43.9. The van der Waals surface area contributed by atoms with E-state index in [0.717, 1.165) is 24.8 Å². The van der Waals surface area contributed by atoms with Gasteiger partial charge < -0.3 is 19.1 Å². The highest BCUT2D eigenvalue weighted by atomic mass is 16.7. The normalized spacial score (nSPS) is 44.9. The summed E-state index contributed by atoms with van der Waals surface area (Å²) in [6.07, 6.45) is 4.37. The largest absolute Gasteiger partial charge is 0.439 e. The van der Waals surface area contributed by atoms with Crippen molar-refractivity contribution >= 4 is 11.9 Å². The van der Waals surface area contributed by atoms with E-state index in [9.17, 15) is 14.5 Å². The molecule has 0 radical (unpaired) electrons. The zero-order chi connectivity index (χ0) is 28.3. The summed E-state index contributed by atoms with van der Waals surface area (Å²) < 4.78 is 18.9. The van der Waals surface area contributed by atoms with Gasteiger partial charge in [0, 0.05) is 19.0 Å². The Hall–Kier alpha value is -2.06. The average Bonchev–Trinajstić information content (AvgIpc) is 3.32. The topological polar surface area (TPSA) is 94.5 Å². The highest BCUT2D eigenvalue weighted by Gasteiger charge is 2.79. The second-order valence-corrected chi connectivity index (χ2v) is 15.0. The number of hydrogen-bond acceptors (Lipinski definition) is 7. The van der Waals surface area contributed by atoms with Crippen LogP contribution >= 0.6 is 0 Å². The standard InChI is InChI=1S/C31H44N2O6/c1-17-14-30-18(2)12-21-22(28(21,5)6)20(23(30)34)13-19-15-37-29(7,8)39-25(19)31(30,32-36)24(17)38-26(35)33-11-9-10-27(3,4)16-33/h13-14,18,20-22,24-25H,9-12,15-16H2,1-8H3/t18-,20?,21?,22?,24?,25?,30?,31?/m1/s1. The molecule has 0 aromatic carbocycles. The maximum atomic E-state index is 14.9. The molecule has 6 rings (SSSR count). The number of ketones is 1. The number of likely N-dealkylation sites (tertiary alicyclic amines) is 1. The minimum absolute atomic E-state index is 0.00739. The Labute approximate surface area is 231 Å². The van der Waals surface area contributed by atoms with Crippen LogP contribution in [0.25, 0.3) is 0 Å². The van der Waals surface area contributed by atoms with Crippen LogP contribution in [0.1, 0.15) is 74.7 Å². The fraction of sp³-hybridized carbons (Fsp3) is 0.806. The van der Waals surface area contributed by atoms with Crippen LogP contribution in [-0.4, -0.2) is 60.0 Å². The van der Waals surface area contributed by atoms with Crippen LogP contribution in [0.15, 0.2) is 28.5 Å². The second kappa shape index (κ2) is 8.25. The zero-order valence-electron chi connectivity index (χ0n) is 24.7. The van der Waals surface area contributed by atoms with Crippen molar-refractivity contribution < 1.29 is 23.8 Å². The molecule has 1 amide bonds. The number of nitroso groups, excluding NO2 is 1. The van der Waals surface area contributed by atoms with Gasteiger partial charge in [0.15, 0.2) is 23.2 Å². The van der Waals surface area contributed by atoms with E-state index in [-0.39, 0.29) is 41.0 Å².